The van der Waals surface area contributed by atoms with Gasteiger partial charge in [-0.2, -0.15) is 8.78 Å². The summed E-state index contributed by atoms with van der Waals surface area (Å²) in [7, 11) is -5.08. The van der Waals surface area contributed by atoms with Crippen molar-refractivity contribution < 1.29 is 36.0 Å². The van der Waals surface area contributed by atoms with E-state index in [1.807, 2.05) is 0 Å². The van der Waals surface area contributed by atoms with E-state index in [2.05, 4.69) is 5.32 Å². The van der Waals surface area contributed by atoms with Crippen LogP contribution in [0, 0.1) is 0 Å². The number of halogens is 4. The van der Waals surface area contributed by atoms with E-state index in [1.54, 1.807) is 30.3 Å². The molecule has 0 bridgehead atoms. The fourth-order valence-electron chi connectivity index (χ4n) is 3.09. The van der Waals surface area contributed by atoms with Gasteiger partial charge in [0.15, 0.2) is 0 Å². The molecule has 32 heavy (non-hydrogen) atoms. The number of carbonyl (C=O) groups is 1. The maximum absolute atomic E-state index is 15.3. The maximum Gasteiger partial charge on any atom is 0.405 e. The van der Waals surface area contributed by atoms with Gasteiger partial charge in [-0.1, -0.05) is 18.2 Å². The molecule has 0 aliphatic carbocycles. The summed E-state index contributed by atoms with van der Waals surface area (Å²) in [6.07, 6.45) is -3.31. The third kappa shape index (κ3) is 4.59. The highest BCUT2D eigenvalue weighted by molar-refractivity contribution is 7.55. The molecule has 172 valence electrons. The minimum absolute atomic E-state index is 0.00807. The number of thiophene rings is 1. The SMILES string of the molecule is CCOP(=O)(OCC)C(F)(F)c1sc2ccc(C(=O)Nc3ccccc3)cc2c1C(F)F. The van der Waals surface area contributed by atoms with Gasteiger partial charge in [-0.3, -0.25) is 9.36 Å². The molecule has 0 fully saturated rings. The lowest BCUT2D eigenvalue weighted by molar-refractivity contribution is 0.0352. The van der Waals surface area contributed by atoms with Gasteiger partial charge < -0.3 is 14.4 Å². The number of hydrogen-bond donors (Lipinski definition) is 1. The van der Waals surface area contributed by atoms with Crippen LogP contribution < -0.4 is 5.32 Å². The van der Waals surface area contributed by atoms with Gasteiger partial charge in [-0.15, -0.1) is 11.3 Å². The number of nitrogens with one attached hydrogen (secondary N) is 1. The summed E-state index contributed by atoms with van der Waals surface area (Å²) < 4.78 is 80.8. The lowest BCUT2D eigenvalue weighted by Gasteiger charge is -2.25. The molecule has 1 amide bonds. The topological polar surface area (TPSA) is 64.6 Å². The van der Waals surface area contributed by atoms with Crippen molar-refractivity contribution in [2.75, 3.05) is 18.5 Å². The monoisotopic (exact) mass is 489 g/mol. The third-order valence-electron chi connectivity index (χ3n) is 4.45. The highest BCUT2D eigenvalue weighted by Crippen LogP contribution is 2.69. The van der Waals surface area contributed by atoms with Crippen molar-refractivity contribution in [3.63, 3.8) is 0 Å². The summed E-state index contributed by atoms with van der Waals surface area (Å²) >= 11 is 0.368. The molecule has 0 spiro atoms. The minimum Gasteiger partial charge on any atom is -0.322 e. The van der Waals surface area contributed by atoms with Crippen LogP contribution in [0.4, 0.5) is 23.2 Å². The van der Waals surface area contributed by atoms with E-state index < -0.39 is 36.0 Å². The number of para-hydroxylation sites is 1. The van der Waals surface area contributed by atoms with Crippen molar-refractivity contribution in [2.24, 2.45) is 0 Å². The fraction of sp³-hybridized carbons (Fsp3) is 0.286. The van der Waals surface area contributed by atoms with Gasteiger partial charge in [0.25, 0.3) is 12.3 Å². The van der Waals surface area contributed by atoms with Gasteiger partial charge in [-0.25, -0.2) is 8.78 Å². The van der Waals surface area contributed by atoms with Crippen LogP contribution in [0.5, 0.6) is 0 Å². The second kappa shape index (κ2) is 9.70. The predicted molar refractivity (Wildman–Crippen MR) is 116 cm³/mol. The quantitative estimate of drug-likeness (QED) is 0.251. The average Bonchev–Trinajstić information content (AvgIpc) is 3.14. The Balaban J connectivity index is 2.10. The first-order valence-electron chi connectivity index (χ1n) is 9.63. The highest BCUT2D eigenvalue weighted by Gasteiger charge is 2.57. The number of fused-ring (bicyclic) bond motifs is 1. The Morgan fingerprint density at radius 3 is 2.28 bits per heavy atom. The van der Waals surface area contributed by atoms with Crippen LogP contribution in [0.15, 0.2) is 48.5 Å². The van der Waals surface area contributed by atoms with Crippen molar-refractivity contribution >= 4 is 40.6 Å². The molecule has 0 unspecified atom stereocenters. The van der Waals surface area contributed by atoms with Crippen LogP contribution in [0.2, 0.25) is 0 Å². The van der Waals surface area contributed by atoms with E-state index in [0.717, 1.165) is 6.07 Å². The van der Waals surface area contributed by atoms with Gasteiger partial charge >= 0.3 is 13.3 Å². The summed E-state index contributed by atoms with van der Waals surface area (Å²) in [5.74, 6) is -0.591. The lowest BCUT2D eigenvalue weighted by atomic mass is 10.1. The van der Waals surface area contributed by atoms with E-state index in [1.165, 1.54) is 26.0 Å². The van der Waals surface area contributed by atoms with Crippen molar-refractivity contribution in [1.29, 1.82) is 0 Å². The highest BCUT2D eigenvalue weighted by atomic mass is 32.1. The van der Waals surface area contributed by atoms with Gasteiger partial charge in [0.1, 0.15) is 0 Å². The molecule has 1 N–H and O–H groups in total. The lowest BCUT2D eigenvalue weighted by Crippen LogP contribution is -2.18. The van der Waals surface area contributed by atoms with E-state index in [-0.39, 0.29) is 28.9 Å². The standard InChI is InChI=1S/C21H20F4NO4PS/c1-3-29-31(28,30-4-2)21(24,25)18-17(19(22)23)15-12-13(10-11-16(15)32-18)20(27)26-14-8-6-5-7-9-14/h5-12,19H,3-4H2,1-2H3,(H,26,27). The van der Waals surface area contributed by atoms with Crippen molar-refractivity contribution in [1.82, 2.24) is 0 Å². The van der Waals surface area contributed by atoms with Gasteiger partial charge in [-0.05, 0) is 44.2 Å². The summed E-state index contributed by atoms with van der Waals surface area (Å²) in [5, 5.41) is 2.39. The van der Waals surface area contributed by atoms with Crippen LogP contribution in [0.1, 0.15) is 41.1 Å². The molecule has 2 aromatic carbocycles. The number of benzene rings is 2. The molecule has 3 rings (SSSR count). The molecule has 1 heterocycles. The fourth-order valence-corrected chi connectivity index (χ4v) is 6.07. The van der Waals surface area contributed by atoms with E-state index in [9.17, 15) is 18.1 Å². The van der Waals surface area contributed by atoms with Crippen molar-refractivity contribution in [3.05, 3.63) is 64.5 Å². The molecule has 0 radical (unpaired) electrons. The Morgan fingerprint density at radius 2 is 1.72 bits per heavy atom. The second-order valence-electron chi connectivity index (χ2n) is 6.55. The molecule has 1 aromatic heterocycles. The summed E-state index contributed by atoms with van der Waals surface area (Å²) in [6.45, 7) is 1.98. The number of carbonyl (C=O) groups excluding carboxylic acids is 1. The smallest absolute Gasteiger partial charge is 0.322 e. The number of amides is 1. The Hall–Kier alpha value is -2.26. The number of rotatable bonds is 9. The first-order valence-corrected chi connectivity index (χ1v) is 12.0. The van der Waals surface area contributed by atoms with Crippen LogP contribution in [-0.4, -0.2) is 19.1 Å². The number of anilines is 1. The van der Waals surface area contributed by atoms with Crippen LogP contribution in [0.25, 0.3) is 10.1 Å². The second-order valence-corrected chi connectivity index (χ2v) is 9.68. The van der Waals surface area contributed by atoms with Crippen LogP contribution in [-0.2, 0) is 19.3 Å². The zero-order valence-electron chi connectivity index (χ0n) is 17.1. The van der Waals surface area contributed by atoms with Crippen LogP contribution in [0.3, 0.4) is 0 Å². The first-order chi connectivity index (χ1) is 15.1. The maximum atomic E-state index is 15.3. The summed E-state index contributed by atoms with van der Waals surface area (Å²) in [4.78, 5) is 11.4. The zero-order valence-corrected chi connectivity index (χ0v) is 18.8. The third-order valence-corrected chi connectivity index (χ3v) is 7.97. The Morgan fingerprint density at radius 1 is 1.09 bits per heavy atom. The van der Waals surface area contributed by atoms with Crippen molar-refractivity contribution in [3.8, 4) is 0 Å². The molecule has 0 saturated heterocycles. The first kappa shape index (κ1) is 24.4. The normalized spacial score (nSPS) is 12.5. The minimum atomic E-state index is -5.08. The van der Waals surface area contributed by atoms with Gasteiger partial charge in [0.05, 0.1) is 18.1 Å². The van der Waals surface area contributed by atoms with E-state index in [0.29, 0.717) is 17.0 Å². The van der Waals surface area contributed by atoms with Crippen LogP contribution >= 0.6 is 18.9 Å². The molecule has 3 aromatic rings. The summed E-state index contributed by atoms with van der Waals surface area (Å²) in [5.41, 5.74) is -4.81. The van der Waals surface area contributed by atoms with E-state index in [4.69, 9.17) is 9.05 Å². The number of hydrogen-bond acceptors (Lipinski definition) is 5. The summed E-state index contributed by atoms with van der Waals surface area (Å²) in [6, 6.07) is 12.2. The average molecular weight is 489 g/mol. The zero-order chi connectivity index (χ0) is 23.5. The Bertz CT molecular complexity index is 1140. The molecule has 5 nitrogen and oxygen atoms in total. The predicted octanol–water partition coefficient (Wildman–Crippen LogP) is 7.41. The molecule has 0 atom stereocenters. The Kier molecular flexibility index (Phi) is 7.39. The van der Waals surface area contributed by atoms with E-state index >= 15 is 8.78 Å². The molecule has 0 aliphatic rings. The molecule has 11 heteroatoms. The molecular formula is C21H20F4NO4PS. The number of alkyl halides is 4. The van der Waals surface area contributed by atoms with Gasteiger partial charge in [0.2, 0.25) is 0 Å². The molecular weight excluding hydrogens is 469 g/mol. The Labute approximate surface area is 185 Å². The van der Waals surface area contributed by atoms with Gasteiger partial charge in [0, 0.05) is 26.9 Å². The largest absolute Gasteiger partial charge is 0.405 e. The van der Waals surface area contributed by atoms with Crippen molar-refractivity contribution in [2.45, 2.75) is 25.9 Å². The molecule has 0 aliphatic heterocycles. The molecule has 0 saturated carbocycles.